The van der Waals surface area contributed by atoms with Crippen LogP contribution in [0.15, 0.2) is 54.6 Å². The first kappa shape index (κ1) is 15.6. The van der Waals surface area contributed by atoms with Crippen molar-refractivity contribution in [3.63, 3.8) is 0 Å². The Morgan fingerprint density at radius 1 is 0.955 bits per heavy atom. The molecule has 0 saturated heterocycles. The van der Waals surface area contributed by atoms with Crippen molar-refractivity contribution >= 4 is 17.6 Å². The standard InChI is InChI=1S/C17H17NO4/c19-16(10-11-17(20)21)18-14-8-6-13(7-9-14)12-22-15-4-2-1-3-5-15/h1-9H,10-12H2,(H,18,19)(H,20,21)/p-1. The van der Waals surface area contributed by atoms with Gasteiger partial charge < -0.3 is 20.0 Å². The number of hydrogen-bond acceptors (Lipinski definition) is 4. The quantitative estimate of drug-likeness (QED) is 0.844. The second-order valence-electron chi connectivity index (χ2n) is 4.72. The average molecular weight is 298 g/mol. The van der Waals surface area contributed by atoms with E-state index in [0.29, 0.717) is 12.3 Å². The Kier molecular flexibility index (Phi) is 5.54. The minimum Gasteiger partial charge on any atom is -0.550 e. The van der Waals surface area contributed by atoms with Gasteiger partial charge in [-0.2, -0.15) is 0 Å². The Hall–Kier alpha value is -2.82. The summed E-state index contributed by atoms with van der Waals surface area (Å²) in [6, 6.07) is 16.7. The molecule has 5 nitrogen and oxygen atoms in total. The second kappa shape index (κ2) is 7.83. The molecule has 1 N–H and O–H groups in total. The van der Waals surface area contributed by atoms with Crippen molar-refractivity contribution in [3.05, 3.63) is 60.2 Å². The minimum absolute atomic E-state index is 0.0960. The zero-order chi connectivity index (χ0) is 15.8. The molecule has 0 aromatic heterocycles. The number of carboxylic acids is 1. The third kappa shape index (κ3) is 5.28. The van der Waals surface area contributed by atoms with Gasteiger partial charge in [0.05, 0.1) is 0 Å². The third-order valence-electron chi connectivity index (χ3n) is 2.94. The molecule has 0 bridgehead atoms. The summed E-state index contributed by atoms with van der Waals surface area (Å²) in [4.78, 5) is 21.8. The van der Waals surface area contributed by atoms with Crippen LogP contribution in [0.25, 0.3) is 0 Å². The lowest BCUT2D eigenvalue weighted by molar-refractivity contribution is -0.305. The van der Waals surface area contributed by atoms with E-state index in [9.17, 15) is 14.7 Å². The van der Waals surface area contributed by atoms with E-state index in [1.165, 1.54) is 0 Å². The Labute approximate surface area is 128 Å². The molecule has 1 amide bonds. The van der Waals surface area contributed by atoms with E-state index in [0.717, 1.165) is 11.3 Å². The molecule has 0 atom stereocenters. The Morgan fingerprint density at radius 2 is 1.64 bits per heavy atom. The van der Waals surface area contributed by atoms with Crippen LogP contribution < -0.4 is 15.2 Å². The Balaban J connectivity index is 1.82. The van der Waals surface area contributed by atoms with Gasteiger partial charge in [-0.15, -0.1) is 0 Å². The Morgan fingerprint density at radius 3 is 2.27 bits per heavy atom. The number of rotatable bonds is 7. The first-order valence-electron chi connectivity index (χ1n) is 6.90. The summed E-state index contributed by atoms with van der Waals surface area (Å²) in [5.41, 5.74) is 1.59. The molecular formula is C17H16NO4-. The van der Waals surface area contributed by atoms with Crippen molar-refractivity contribution in [2.24, 2.45) is 0 Å². The second-order valence-corrected chi connectivity index (χ2v) is 4.72. The summed E-state index contributed by atoms with van der Waals surface area (Å²) in [7, 11) is 0. The van der Waals surface area contributed by atoms with Crippen LogP contribution in [0.2, 0.25) is 0 Å². The van der Waals surface area contributed by atoms with Crippen molar-refractivity contribution < 1.29 is 19.4 Å². The van der Waals surface area contributed by atoms with Crippen LogP contribution in [0.3, 0.4) is 0 Å². The molecular weight excluding hydrogens is 282 g/mol. The lowest BCUT2D eigenvalue weighted by Crippen LogP contribution is -2.24. The highest BCUT2D eigenvalue weighted by Gasteiger charge is 2.03. The summed E-state index contributed by atoms with van der Waals surface area (Å²) in [5, 5.41) is 12.9. The van der Waals surface area contributed by atoms with Gasteiger partial charge in [0.25, 0.3) is 0 Å². The van der Waals surface area contributed by atoms with E-state index in [1.54, 1.807) is 12.1 Å². The summed E-state index contributed by atoms with van der Waals surface area (Å²) in [6.45, 7) is 0.433. The summed E-state index contributed by atoms with van der Waals surface area (Å²) < 4.78 is 5.62. The number of nitrogens with one attached hydrogen (secondary N) is 1. The molecule has 0 unspecified atom stereocenters. The van der Waals surface area contributed by atoms with Crippen LogP contribution in [-0.4, -0.2) is 11.9 Å². The van der Waals surface area contributed by atoms with Crippen molar-refractivity contribution in [3.8, 4) is 5.75 Å². The number of carbonyl (C=O) groups is 2. The first-order chi connectivity index (χ1) is 10.6. The van der Waals surface area contributed by atoms with Crippen molar-refractivity contribution in [1.29, 1.82) is 0 Å². The molecule has 0 spiro atoms. The van der Waals surface area contributed by atoms with Gasteiger partial charge in [-0.1, -0.05) is 30.3 Å². The van der Waals surface area contributed by atoms with E-state index < -0.39 is 5.97 Å². The topological polar surface area (TPSA) is 78.5 Å². The molecule has 5 heteroatoms. The fraction of sp³-hybridized carbons (Fsp3) is 0.176. The lowest BCUT2D eigenvalue weighted by Gasteiger charge is -2.08. The van der Waals surface area contributed by atoms with E-state index in [-0.39, 0.29) is 18.7 Å². The molecule has 2 rings (SSSR count). The molecule has 0 aliphatic heterocycles. The number of para-hydroxylation sites is 1. The average Bonchev–Trinajstić information content (AvgIpc) is 2.53. The van der Waals surface area contributed by atoms with Crippen LogP contribution in [-0.2, 0) is 16.2 Å². The number of benzene rings is 2. The van der Waals surface area contributed by atoms with Gasteiger partial charge in [0.1, 0.15) is 12.4 Å². The number of anilines is 1. The molecule has 2 aromatic carbocycles. The number of hydrogen-bond donors (Lipinski definition) is 1. The molecule has 0 radical (unpaired) electrons. The smallest absolute Gasteiger partial charge is 0.224 e. The predicted octanol–water partition coefficient (Wildman–Crippen LogP) is 1.73. The largest absolute Gasteiger partial charge is 0.550 e. The van der Waals surface area contributed by atoms with E-state index in [2.05, 4.69) is 5.32 Å². The number of ether oxygens (including phenoxy) is 1. The third-order valence-corrected chi connectivity index (χ3v) is 2.94. The maximum atomic E-state index is 11.5. The molecule has 114 valence electrons. The summed E-state index contributed by atoms with van der Waals surface area (Å²) in [6.07, 6.45) is -0.379. The molecule has 22 heavy (non-hydrogen) atoms. The highest BCUT2D eigenvalue weighted by atomic mass is 16.5. The van der Waals surface area contributed by atoms with Gasteiger partial charge in [0.15, 0.2) is 0 Å². The van der Waals surface area contributed by atoms with Gasteiger partial charge in [0.2, 0.25) is 5.91 Å². The fourth-order valence-electron chi connectivity index (χ4n) is 1.81. The lowest BCUT2D eigenvalue weighted by atomic mass is 10.2. The van der Waals surface area contributed by atoms with Gasteiger partial charge in [-0.3, -0.25) is 4.79 Å². The molecule has 0 aliphatic rings. The summed E-state index contributed by atoms with van der Waals surface area (Å²) in [5.74, 6) is -0.789. The van der Waals surface area contributed by atoms with Crippen LogP contribution in [0.1, 0.15) is 18.4 Å². The monoisotopic (exact) mass is 298 g/mol. The predicted molar refractivity (Wildman–Crippen MR) is 80.1 cm³/mol. The SMILES string of the molecule is O=C([O-])CCC(=O)Nc1ccc(COc2ccccc2)cc1. The number of carboxylic acid groups (broad SMARTS) is 1. The normalized spacial score (nSPS) is 10.0. The van der Waals surface area contributed by atoms with Crippen molar-refractivity contribution in [1.82, 2.24) is 0 Å². The highest BCUT2D eigenvalue weighted by molar-refractivity contribution is 5.92. The molecule has 2 aromatic rings. The van der Waals surface area contributed by atoms with Crippen LogP contribution in [0, 0.1) is 0 Å². The maximum absolute atomic E-state index is 11.5. The molecule has 0 saturated carbocycles. The Bertz CT molecular complexity index is 623. The van der Waals surface area contributed by atoms with E-state index >= 15 is 0 Å². The summed E-state index contributed by atoms with van der Waals surface area (Å²) >= 11 is 0. The van der Waals surface area contributed by atoms with Gasteiger partial charge in [-0.25, -0.2) is 0 Å². The zero-order valence-electron chi connectivity index (χ0n) is 12.0. The number of aliphatic carboxylic acids is 1. The van der Waals surface area contributed by atoms with Crippen LogP contribution >= 0.6 is 0 Å². The van der Waals surface area contributed by atoms with Gasteiger partial charge >= 0.3 is 0 Å². The number of amides is 1. The molecule has 0 aliphatic carbocycles. The number of carbonyl (C=O) groups excluding carboxylic acids is 2. The molecule has 0 fully saturated rings. The fourth-order valence-corrected chi connectivity index (χ4v) is 1.81. The highest BCUT2D eigenvalue weighted by Crippen LogP contribution is 2.14. The molecule has 0 heterocycles. The van der Waals surface area contributed by atoms with Crippen molar-refractivity contribution in [2.45, 2.75) is 19.4 Å². The van der Waals surface area contributed by atoms with Gasteiger partial charge in [-0.05, 0) is 36.2 Å². The van der Waals surface area contributed by atoms with Crippen molar-refractivity contribution in [2.75, 3.05) is 5.32 Å². The zero-order valence-corrected chi connectivity index (χ0v) is 12.0. The van der Waals surface area contributed by atoms with Gasteiger partial charge in [0, 0.05) is 18.1 Å². The maximum Gasteiger partial charge on any atom is 0.224 e. The first-order valence-corrected chi connectivity index (χ1v) is 6.90. The van der Waals surface area contributed by atoms with E-state index in [4.69, 9.17) is 4.74 Å². The van der Waals surface area contributed by atoms with Crippen LogP contribution in [0.4, 0.5) is 5.69 Å². The van der Waals surface area contributed by atoms with Crippen LogP contribution in [0.5, 0.6) is 5.75 Å². The van der Waals surface area contributed by atoms with E-state index in [1.807, 2.05) is 42.5 Å². The minimum atomic E-state index is -1.23.